The predicted molar refractivity (Wildman–Crippen MR) is 184 cm³/mol. The molecule has 2 amide bonds. The van der Waals surface area contributed by atoms with Crippen LogP contribution in [-0.2, 0) is 5.41 Å². The van der Waals surface area contributed by atoms with Gasteiger partial charge < -0.3 is 10.6 Å². The van der Waals surface area contributed by atoms with Crippen LogP contribution >= 0.6 is 11.5 Å². The molecular weight excluding hydrogens is 595 g/mol. The topological polar surface area (TPSA) is 114 Å². The summed E-state index contributed by atoms with van der Waals surface area (Å²) < 4.78 is 5.71. The molecule has 3 heterocycles. The van der Waals surface area contributed by atoms with Crippen LogP contribution in [0.2, 0.25) is 0 Å². The Morgan fingerprint density at radius 3 is 2.26 bits per heavy atom. The number of carbonyl (C=O) groups is 2. The van der Waals surface area contributed by atoms with Crippen LogP contribution < -0.4 is 16.0 Å². The molecule has 6 rings (SSSR count). The molecule has 10 heteroatoms. The molecule has 1 aliphatic rings. The summed E-state index contributed by atoms with van der Waals surface area (Å²) in [4.78, 5) is 27.2. The van der Waals surface area contributed by atoms with E-state index in [1.807, 2.05) is 91.2 Å². The highest BCUT2D eigenvalue weighted by Crippen LogP contribution is 2.35. The minimum atomic E-state index is -0.372. The summed E-state index contributed by atoms with van der Waals surface area (Å²) in [6.07, 6.45) is 1.85. The van der Waals surface area contributed by atoms with Crippen molar-refractivity contribution in [3.63, 3.8) is 0 Å². The molecular formula is C36H39N7O2S. The van der Waals surface area contributed by atoms with Crippen LogP contribution in [0.1, 0.15) is 66.7 Å². The van der Waals surface area contributed by atoms with Gasteiger partial charge in [-0.15, -0.1) is 5.10 Å². The number of urea groups is 1. The molecule has 0 radical (unpaired) electrons. The summed E-state index contributed by atoms with van der Waals surface area (Å²) in [5.41, 5.74) is 6.70. The zero-order chi connectivity index (χ0) is 32.3. The van der Waals surface area contributed by atoms with E-state index in [4.69, 9.17) is 5.10 Å². The zero-order valence-electron chi connectivity index (χ0n) is 26.6. The normalized spacial score (nSPS) is 14.5. The van der Waals surface area contributed by atoms with Gasteiger partial charge in [-0.25, -0.2) is 9.48 Å². The number of aryl methyl sites for hydroxylation is 1. The summed E-state index contributed by atoms with van der Waals surface area (Å²) in [5, 5.41) is 20.2. The van der Waals surface area contributed by atoms with E-state index in [2.05, 4.69) is 46.3 Å². The molecule has 3 N–H and O–H groups in total. The monoisotopic (exact) mass is 633 g/mol. The number of nitrogens with one attached hydrogen (secondary N) is 3. The molecule has 3 aromatic carbocycles. The lowest BCUT2D eigenvalue weighted by Gasteiger charge is -2.30. The number of Topliss-reactive ketones (excluding diaryl/α,β-unsaturated/α-hetero) is 1. The summed E-state index contributed by atoms with van der Waals surface area (Å²) in [6.45, 7) is 10.1. The number of hydrogen-bond donors (Lipinski definition) is 3. The Morgan fingerprint density at radius 2 is 1.63 bits per heavy atom. The summed E-state index contributed by atoms with van der Waals surface area (Å²) in [6, 6.07) is 24.9. The highest BCUT2D eigenvalue weighted by atomic mass is 32.1. The quantitative estimate of drug-likeness (QED) is 0.152. The van der Waals surface area contributed by atoms with Crippen molar-refractivity contribution >= 4 is 34.9 Å². The minimum Gasteiger partial charge on any atom is -0.317 e. The molecule has 1 fully saturated rings. The zero-order valence-corrected chi connectivity index (χ0v) is 27.4. The molecule has 0 saturated carbocycles. The largest absolute Gasteiger partial charge is 0.324 e. The van der Waals surface area contributed by atoms with Crippen molar-refractivity contribution in [2.75, 3.05) is 23.7 Å². The average Bonchev–Trinajstić information content (AvgIpc) is 3.74. The second-order valence-corrected chi connectivity index (χ2v) is 13.5. The second-order valence-electron chi connectivity index (χ2n) is 12.9. The summed E-state index contributed by atoms with van der Waals surface area (Å²) in [7, 11) is 0. The van der Waals surface area contributed by atoms with Gasteiger partial charge in [0.15, 0.2) is 5.78 Å². The van der Waals surface area contributed by atoms with E-state index in [1.54, 1.807) is 4.68 Å². The van der Waals surface area contributed by atoms with Crippen LogP contribution in [0.5, 0.6) is 0 Å². The van der Waals surface area contributed by atoms with E-state index in [0.29, 0.717) is 17.1 Å². The maximum Gasteiger partial charge on any atom is 0.324 e. The lowest BCUT2D eigenvalue weighted by molar-refractivity contribution is 0.0916. The van der Waals surface area contributed by atoms with Crippen LogP contribution in [0.15, 0.2) is 84.2 Å². The van der Waals surface area contributed by atoms with Crippen molar-refractivity contribution in [1.82, 2.24) is 24.7 Å². The van der Waals surface area contributed by atoms with Crippen molar-refractivity contribution in [3.8, 4) is 16.9 Å². The Labute approximate surface area is 273 Å². The van der Waals surface area contributed by atoms with Crippen LogP contribution in [0.3, 0.4) is 0 Å². The molecule has 46 heavy (non-hydrogen) atoms. The fourth-order valence-corrected chi connectivity index (χ4v) is 6.33. The van der Waals surface area contributed by atoms with Gasteiger partial charge in [0, 0.05) is 33.7 Å². The van der Waals surface area contributed by atoms with Gasteiger partial charge in [0.2, 0.25) is 0 Å². The third-order valence-electron chi connectivity index (χ3n) is 8.49. The van der Waals surface area contributed by atoms with Gasteiger partial charge in [-0.05, 0) is 80.1 Å². The van der Waals surface area contributed by atoms with E-state index < -0.39 is 0 Å². The first kappa shape index (κ1) is 31.3. The molecule has 9 nitrogen and oxygen atoms in total. The van der Waals surface area contributed by atoms with E-state index in [0.717, 1.165) is 59.7 Å². The maximum absolute atomic E-state index is 14.0. The highest BCUT2D eigenvalue weighted by molar-refractivity contribution is 7.03. The number of benzene rings is 3. The highest BCUT2D eigenvalue weighted by Gasteiger charge is 2.32. The van der Waals surface area contributed by atoms with Gasteiger partial charge in [0.1, 0.15) is 11.5 Å². The standard InChI is InChI=1S/C36H39N7O2S/c1-23-5-15-29(16-6-23)43-32(21-31(41-43)36(2,3)4)39-35(45)38-28-13-11-25(12-14-28)33(26-17-19-37-20-18-26)34(44)27-9-7-24(8-10-27)30-22-46-42-40-30/h5-16,21-22,26,33,37H,17-20H2,1-4H3,(H2,38,39,45). The third kappa shape index (κ3) is 7.08. The molecule has 2 aromatic heterocycles. The number of rotatable bonds is 8. The smallest absolute Gasteiger partial charge is 0.317 e. The van der Waals surface area contributed by atoms with Crippen molar-refractivity contribution in [2.24, 2.45) is 5.92 Å². The van der Waals surface area contributed by atoms with Gasteiger partial charge in [-0.2, -0.15) is 5.10 Å². The first-order chi connectivity index (χ1) is 22.2. The number of hydrogen-bond acceptors (Lipinski definition) is 7. The number of carbonyl (C=O) groups excluding carboxylic acids is 2. The summed E-state index contributed by atoms with van der Waals surface area (Å²) in [5.74, 6) is 0.623. The summed E-state index contributed by atoms with van der Waals surface area (Å²) >= 11 is 1.30. The number of ketones is 1. The number of aromatic nitrogens is 4. The van der Waals surface area contributed by atoms with Crippen LogP contribution in [-0.4, -0.2) is 44.3 Å². The number of nitrogens with zero attached hydrogens (tertiary/aromatic N) is 4. The predicted octanol–water partition coefficient (Wildman–Crippen LogP) is 7.61. The lowest BCUT2D eigenvalue weighted by Crippen LogP contribution is -2.33. The molecule has 1 unspecified atom stereocenters. The van der Waals surface area contributed by atoms with Crippen molar-refractivity contribution in [3.05, 3.63) is 107 Å². The van der Waals surface area contributed by atoms with Crippen LogP contribution in [0.4, 0.5) is 16.3 Å². The Kier molecular flexibility index (Phi) is 9.10. The fourth-order valence-electron chi connectivity index (χ4n) is 5.86. The van der Waals surface area contributed by atoms with Gasteiger partial charge in [-0.3, -0.25) is 10.1 Å². The Morgan fingerprint density at radius 1 is 0.935 bits per heavy atom. The van der Waals surface area contributed by atoms with Crippen LogP contribution in [0.25, 0.3) is 16.9 Å². The van der Waals surface area contributed by atoms with Crippen molar-refractivity contribution in [1.29, 1.82) is 0 Å². The second kappa shape index (κ2) is 13.4. The molecule has 1 saturated heterocycles. The molecule has 5 aromatic rings. The Bertz CT molecular complexity index is 1780. The Hall–Kier alpha value is -4.67. The lowest BCUT2D eigenvalue weighted by atomic mass is 9.76. The minimum absolute atomic E-state index is 0.104. The maximum atomic E-state index is 14.0. The number of amides is 2. The molecule has 1 aliphatic heterocycles. The van der Waals surface area contributed by atoms with E-state index in [1.165, 1.54) is 11.5 Å². The van der Waals surface area contributed by atoms with Gasteiger partial charge >= 0.3 is 6.03 Å². The van der Waals surface area contributed by atoms with Gasteiger partial charge in [-0.1, -0.05) is 79.4 Å². The third-order valence-corrected chi connectivity index (χ3v) is 8.99. The first-order valence-electron chi connectivity index (χ1n) is 15.6. The van der Waals surface area contributed by atoms with Gasteiger partial charge in [0.25, 0.3) is 0 Å². The Balaban J connectivity index is 1.20. The average molecular weight is 634 g/mol. The van der Waals surface area contributed by atoms with Crippen LogP contribution in [0, 0.1) is 12.8 Å². The fraction of sp³-hybridized carbons (Fsp3) is 0.306. The molecule has 0 bridgehead atoms. The number of anilines is 2. The molecule has 236 valence electrons. The van der Waals surface area contributed by atoms with Crippen molar-refractivity contribution < 1.29 is 9.59 Å². The SMILES string of the molecule is Cc1ccc(-n2nc(C(C)(C)C)cc2NC(=O)Nc2ccc(C(C(=O)c3ccc(-c4csnn4)cc3)C3CCNCC3)cc2)cc1. The van der Waals surface area contributed by atoms with Crippen molar-refractivity contribution in [2.45, 2.75) is 51.9 Å². The van der Waals surface area contributed by atoms with Gasteiger partial charge in [0.05, 0.1) is 17.3 Å². The van der Waals surface area contributed by atoms with E-state index in [9.17, 15) is 9.59 Å². The molecule has 0 aliphatic carbocycles. The van der Waals surface area contributed by atoms with E-state index in [-0.39, 0.29) is 29.1 Å². The number of piperidine rings is 1. The molecule has 0 spiro atoms. The van der Waals surface area contributed by atoms with E-state index >= 15 is 0 Å². The molecule has 1 atom stereocenters. The first-order valence-corrected chi connectivity index (χ1v) is 16.5.